The number of hydrogen-bond acceptors (Lipinski definition) is 3. The highest BCUT2D eigenvalue weighted by Crippen LogP contribution is 2.46. The van der Waals surface area contributed by atoms with E-state index < -0.39 is 0 Å². The van der Waals surface area contributed by atoms with E-state index in [-0.39, 0.29) is 0 Å². The Morgan fingerprint density at radius 3 is 1.31 bits per heavy atom. The van der Waals surface area contributed by atoms with Gasteiger partial charge >= 0.3 is 0 Å². The van der Waals surface area contributed by atoms with Crippen LogP contribution >= 0.6 is 0 Å². The van der Waals surface area contributed by atoms with Crippen molar-refractivity contribution in [2.24, 2.45) is 0 Å². The van der Waals surface area contributed by atoms with Gasteiger partial charge in [0, 0.05) is 38.4 Å². The third-order valence-electron chi connectivity index (χ3n) is 11.1. The largest absolute Gasteiger partial charge is 0.309 e. The zero-order chi connectivity index (χ0) is 35.3. The van der Waals surface area contributed by atoms with E-state index in [0.29, 0.717) is 17.6 Å². The van der Waals surface area contributed by atoms with Crippen LogP contribution < -0.4 is 0 Å². The molecule has 0 fully saturated rings. The summed E-state index contributed by atoms with van der Waals surface area (Å²) in [6.45, 7) is 0. The summed E-state index contributed by atoms with van der Waals surface area (Å²) in [6, 6.07) is 62.5. The van der Waals surface area contributed by atoms with Crippen LogP contribution in [0.4, 0.5) is 0 Å². The fourth-order valence-electron chi connectivity index (χ4n) is 8.81. The zero-order valence-electron chi connectivity index (χ0n) is 29.0. The average molecular weight is 688 g/mol. The average Bonchev–Trinajstić information content (AvgIpc) is 3.77. The predicted molar refractivity (Wildman–Crippen MR) is 222 cm³/mol. The number of rotatable bonds is 5. The van der Waals surface area contributed by atoms with E-state index in [1.165, 1.54) is 70.9 Å². The summed E-state index contributed by atoms with van der Waals surface area (Å²) in [7, 11) is 0. The second-order valence-electron chi connectivity index (χ2n) is 14.0. The molecule has 5 heteroatoms. The smallest absolute Gasteiger partial charge is 0.238 e. The standard InChI is InChI=1S/C49H29N5/c1-4-12-32(13-5-1)47-50-48(33-14-6-2-7-15-33)52-49(51-47)54-40-21-11-17-31-23-25-38-36(27-29-42(54)46(38)44(31)40)35-26-28-41-45-37(35)24-22-30-16-10-20-39(43(30)45)53(41)34-18-8-3-9-19-34/h1-29H. The normalized spacial score (nSPS) is 12.1. The van der Waals surface area contributed by atoms with Crippen molar-refractivity contribution in [2.45, 2.75) is 0 Å². The number of hydrogen-bond donors (Lipinski definition) is 0. The van der Waals surface area contributed by atoms with Crippen LogP contribution in [0.2, 0.25) is 0 Å². The van der Waals surface area contributed by atoms with Crippen LogP contribution in [0, 0.1) is 0 Å². The molecule has 0 aliphatic rings. The summed E-state index contributed by atoms with van der Waals surface area (Å²) in [5.74, 6) is 1.88. The maximum atomic E-state index is 5.17. The molecule has 0 aliphatic carbocycles. The van der Waals surface area contributed by atoms with Gasteiger partial charge in [0.15, 0.2) is 11.6 Å². The molecule has 0 N–H and O–H groups in total. The summed E-state index contributed by atoms with van der Waals surface area (Å²) >= 11 is 0. The van der Waals surface area contributed by atoms with Gasteiger partial charge in [0.1, 0.15) is 0 Å². The van der Waals surface area contributed by atoms with Crippen molar-refractivity contribution >= 4 is 65.2 Å². The molecule has 0 saturated heterocycles. The van der Waals surface area contributed by atoms with Gasteiger partial charge in [0.25, 0.3) is 0 Å². The van der Waals surface area contributed by atoms with Gasteiger partial charge in [-0.1, -0.05) is 140 Å². The van der Waals surface area contributed by atoms with Gasteiger partial charge in [-0.05, 0) is 69.1 Å². The summed E-state index contributed by atoms with van der Waals surface area (Å²) in [5.41, 5.74) is 10.1. The minimum atomic E-state index is 0.598. The molecule has 3 heterocycles. The first-order valence-electron chi connectivity index (χ1n) is 18.3. The van der Waals surface area contributed by atoms with Gasteiger partial charge in [-0.3, -0.25) is 4.57 Å². The van der Waals surface area contributed by atoms with E-state index in [2.05, 4.69) is 149 Å². The first-order chi connectivity index (χ1) is 26.8. The van der Waals surface area contributed by atoms with Gasteiger partial charge < -0.3 is 4.57 Å². The SMILES string of the molecule is c1ccc(-c2nc(-c3ccccc3)nc(-n3c4cccc5ccc6c(-c7ccc8c9c7ccc7cccc(c79)n8-c7ccccc7)ccc3c6c54)n2)cc1. The monoisotopic (exact) mass is 687 g/mol. The fourth-order valence-corrected chi connectivity index (χ4v) is 8.81. The molecule has 9 aromatic carbocycles. The van der Waals surface area contributed by atoms with E-state index in [0.717, 1.165) is 22.2 Å². The Kier molecular flexibility index (Phi) is 5.99. The molecule has 3 aromatic heterocycles. The Bertz CT molecular complexity index is 3300. The molecule has 12 rings (SSSR count). The van der Waals surface area contributed by atoms with Crippen LogP contribution in [0.1, 0.15) is 0 Å². The lowest BCUT2D eigenvalue weighted by Crippen LogP contribution is -2.06. The maximum absolute atomic E-state index is 5.17. The molecule has 250 valence electrons. The van der Waals surface area contributed by atoms with E-state index in [4.69, 9.17) is 15.0 Å². The number of benzene rings is 9. The van der Waals surface area contributed by atoms with Gasteiger partial charge in [-0.15, -0.1) is 0 Å². The molecule has 12 aromatic rings. The topological polar surface area (TPSA) is 48.5 Å². The van der Waals surface area contributed by atoms with Crippen LogP contribution in [-0.2, 0) is 0 Å². The Hall–Kier alpha value is -7.37. The number of aromatic nitrogens is 5. The van der Waals surface area contributed by atoms with Gasteiger partial charge in [-0.25, -0.2) is 4.98 Å². The van der Waals surface area contributed by atoms with Crippen molar-refractivity contribution in [3.05, 3.63) is 176 Å². The lowest BCUT2D eigenvalue weighted by Gasteiger charge is -2.13. The quantitative estimate of drug-likeness (QED) is 0.169. The summed E-state index contributed by atoms with van der Waals surface area (Å²) in [4.78, 5) is 15.3. The molecule has 0 bridgehead atoms. The van der Waals surface area contributed by atoms with Crippen molar-refractivity contribution in [3.8, 4) is 45.5 Å². The number of nitrogens with zero attached hydrogens (tertiary/aromatic N) is 5. The maximum Gasteiger partial charge on any atom is 0.238 e. The van der Waals surface area contributed by atoms with Gasteiger partial charge in [0.2, 0.25) is 5.95 Å². The first kappa shape index (κ1) is 29.2. The van der Waals surface area contributed by atoms with Crippen LogP contribution in [0.25, 0.3) is 111 Å². The summed E-state index contributed by atoms with van der Waals surface area (Å²) < 4.78 is 4.63. The minimum Gasteiger partial charge on any atom is -0.309 e. The molecule has 0 atom stereocenters. The Labute approximate surface area is 309 Å². The highest BCUT2D eigenvalue weighted by molar-refractivity contribution is 6.30. The summed E-state index contributed by atoms with van der Waals surface area (Å²) in [5, 5.41) is 9.92. The van der Waals surface area contributed by atoms with Crippen molar-refractivity contribution in [1.29, 1.82) is 0 Å². The van der Waals surface area contributed by atoms with Crippen molar-refractivity contribution in [2.75, 3.05) is 0 Å². The fraction of sp³-hybridized carbons (Fsp3) is 0. The number of para-hydroxylation sites is 1. The van der Waals surface area contributed by atoms with E-state index in [1.807, 2.05) is 36.4 Å². The second kappa shape index (κ2) is 11.1. The van der Waals surface area contributed by atoms with E-state index >= 15 is 0 Å². The predicted octanol–water partition coefficient (Wildman–Crippen LogP) is 12.2. The van der Waals surface area contributed by atoms with Crippen LogP contribution in [0.3, 0.4) is 0 Å². The van der Waals surface area contributed by atoms with Crippen LogP contribution in [-0.4, -0.2) is 24.1 Å². The molecule has 0 amide bonds. The summed E-state index contributed by atoms with van der Waals surface area (Å²) in [6.07, 6.45) is 0. The lowest BCUT2D eigenvalue weighted by atomic mass is 9.90. The van der Waals surface area contributed by atoms with Crippen molar-refractivity contribution < 1.29 is 0 Å². The Morgan fingerprint density at radius 1 is 0.315 bits per heavy atom. The Balaban J connectivity index is 1.14. The molecule has 54 heavy (non-hydrogen) atoms. The van der Waals surface area contributed by atoms with Gasteiger partial charge in [-0.2, -0.15) is 9.97 Å². The van der Waals surface area contributed by atoms with Crippen LogP contribution in [0.5, 0.6) is 0 Å². The molecular weight excluding hydrogens is 659 g/mol. The third kappa shape index (κ3) is 4.06. The first-order valence-corrected chi connectivity index (χ1v) is 18.3. The lowest BCUT2D eigenvalue weighted by molar-refractivity contribution is 0.954. The second-order valence-corrected chi connectivity index (χ2v) is 14.0. The molecule has 0 spiro atoms. The minimum absolute atomic E-state index is 0.598. The van der Waals surface area contributed by atoms with E-state index in [9.17, 15) is 0 Å². The third-order valence-corrected chi connectivity index (χ3v) is 11.1. The molecule has 0 saturated carbocycles. The van der Waals surface area contributed by atoms with Crippen LogP contribution in [0.15, 0.2) is 176 Å². The molecular formula is C49H29N5. The van der Waals surface area contributed by atoms with Crippen molar-refractivity contribution in [1.82, 2.24) is 24.1 Å². The molecule has 0 aliphatic heterocycles. The molecule has 0 unspecified atom stereocenters. The van der Waals surface area contributed by atoms with E-state index in [1.54, 1.807) is 0 Å². The highest BCUT2D eigenvalue weighted by atomic mass is 15.2. The zero-order valence-corrected chi connectivity index (χ0v) is 29.0. The Morgan fingerprint density at radius 2 is 0.778 bits per heavy atom. The molecule has 0 radical (unpaired) electrons. The van der Waals surface area contributed by atoms with Crippen molar-refractivity contribution in [3.63, 3.8) is 0 Å². The molecule has 5 nitrogen and oxygen atoms in total. The highest BCUT2D eigenvalue weighted by Gasteiger charge is 2.24. The van der Waals surface area contributed by atoms with Gasteiger partial charge in [0.05, 0.1) is 22.1 Å².